The predicted octanol–water partition coefficient (Wildman–Crippen LogP) is 1.34. The Morgan fingerprint density at radius 2 is 1.95 bits per heavy atom. The first-order chi connectivity index (χ1) is 9.83. The van der Waals surface area contributed by atoms with Crippen LogP contribution in [0.15, 0.2) is 16.5 Å². The van der Waals surface area contributed by atoms with Crippen LogP contribution >= 0.6 is 6.26 Å². The van der Waals surface area contributed by atoms with E-state index in [1.54, 1.807) is 0 Å². The van der Waals surface area contributed by atoms with Crippen LogP contribution in [0.2, 0.25) is 0 Å². The molecule has 2 rings (SSSR count). The van der Waals surface area contributed by atoms with Crippen molar-refractivity contribution in [1.82, 2.24) is 0 Å². The molecular formula is C15H27NO3PS+. The number of morpholine rings is 1. The highest BCUT2D eigenvalue weighted by molar-refractivity contribution is 8.16. The van der Waals surface area contributed by atoms with Crippen molar-refractivity contribution < 1.29 is 18.6 Å². The van der Waals surface area contributed by atoms with Gasteiger partial charge in [-0.25, -0.2) is 0 Å². The maximum Gasteiger partial charge on any atom is 0.161 e. The zero-order valence-electron chi connectivity index (χ0n) is 13.5. The molecule has 2 heterocycles. The molecule has 0 spiro atoms. The third-order valence-corrected chi connectivity index (χ3v) is 9.46. The van der Waals surface area contributed by atoms with Crippen LogP contribution in [0.3, 0.4) is 0 Å². The number of quaternary nitrogens is 1. The van der Waals surface area contributed by atoms with Gasteiger partial charge in [-0.1, -0.05) is 32.6 Å². The number of ether oxygens (including phenoxy) is 1. The lowest BCUT2D eigenvalue weighted by molar-refractivity contribution is -0.908. The summed E-state index contributed by atoms with van der Waals surface area (Å²) in [5.41, 5.74) is 0.847. The molecule has 1 aromatic heterocycles. The minimum absolute atomic E-state index is 0.104. The number of nitrogens with one attached hydrogen (secondary N) is 1. The van der Waals surface area contributed by atoms with Crippen LogP contribution in [0.5, 0.6) is 0 Å². The first kappa shape index (κ1) is 17.2. The molecule has 0 saturated carbocycles. The van der Waals surface area contributed by atoms with Gasteiger partial charge in [0.25, 0.3) is 0 Å². The van der Waals surface area contributed by atoms with E-state index in [1.165, 1.54) is 4.90 Å². The van der Waals surface area contributed by atoms with E-state index in [9.17, 15) is 0 Å². The summed E-state index contributed by atoms with van der Waals surface area (Å²) in [4.78, 5) is 1.53. The topological polar surface area (TPSA) is 36.0 Å². The molecule has 0 amide bonds. The smallest absolute Gasteiger partial charge is 0.161 e. The zero-order chi connectivity index (χ0) is 15.5. The summed E-state index contributed by atoms with van der Waals surface area (Å²) in [7, 11) is 0. The third-order valence-electron chi connectivity index (χ3n) is 3.83. The molecule has 1 aliphatic rings. The molecule has 0 radical (unpaired) electrons. The molecule has 6 heteroatoms. The van der Waals surface area contributed by atoms with Gasteiger partial charge in [-0.2, -0.15) is 0 Å². The molecule has 1 aliphatic heterocycles. The maximum atomic E-state index is 6.27. The molecule has 0 unspecified atom stereocenters. The molecule has 120 valence electrons. The first-order valence-corrected chi connectivity index (χ1v) is 10.3. The summed E-state index contributed by atoms with van der Waals surface area (Å²) < 4.78 is 17.5. The minimum Gasteiger partial charge on any atom is -0.459 e. The summed E-state index contributed by atoms with van der Waals surface area (Å²) in [5, 5.41) is -0.104. The fourth-order valence-corrected chi connectivity index (χ4v) is 4.97. The molecule has 1 aromatic rings. The van der Waals surface area contributed by atoms with Gasteiger partial charge in [0.1, 0.15) is 38.3 Å². The Kier molecular flexibility index (Phi) is 5.66. The van der Waals surface area contributed by atoms with Gasteiger partial charge in [-0.15, -0.1) is 0 Å². The van der Waals surface area contributed by atoms with E-state index < -0.39 is 6.26 Å². The fourth-order valence-electron chi connectivity index (χ4n) is 2.40. The average molecular weight is 332 g/mol. The van der Waals surface area contributed by atoms with Crippen molar-refractivity contribution in [1.29, 1.82) is 0 Å². The lowest BCUT2D eigenvalue weighted by atomic mass is 10.3. The van der Waals surface area contributed by atoms with Gasteiger partial charge in [0.15, 0.2) is 5.50 Å². The monoisotopic (exact) mass is 332 g/mol. The number of aryl methyl sites for hydroxylation is 1. The van der Waals surface area contributed by atoms with Crippen molar-refractivity contribution in [2.24, 2.45) is 0 Å². The second-order valence-corrected chi connectivity index (χ2v) is 11.2. The standard InChI is InChI=1S/C15H26NO3PS/c1-13-5-6-14(19-13)20(21,15(2,3)4)18-12-9-16-7-10-17-11-8-16/h5-6H,7-12H2,1-4H3/p+1/t20-/m1/s1. The normalized spacial score (nSPS) is 20.4. The first-order valence-electron chi connectivity index (χ1n) is 7.56. The van der Waals surface area contributed by atoms with Crippen LogP contribution in [0.1, 0.15) is 26.5 Å². The zero-order valence-corrected chi connectivity index (χ0v) is 15.2. The quantitative estimate of drug-likeness (QED) is 0.826. The van der Waals surface area contributed by atoms with E-state index in [0.717, 1.165) is 44.1 Å². The van der Waals surface area contributed by atoms with Crippen LogP contribution in [-0.2, 0) is 21.1 Å². The molecule has 1 atom stereocenters. The molecule has 0 aliphatic carbocycles. The van der Waals surface area contributed by atoms with Crippen molar-refractivity contribution in [2.45, 2.75) is 32.9 Å². The Morgan fingerprint density at radius 3 is 2.48 bits per heavy atom. The molecule has 1 fully saturated rings. The number of rotatable bonds is 5. The van der Waals surface area contributed by atoms with Crippen molar-refractivity contribution >= 4 is 23.6 Å². The molecule has 0 aromatic carbocycles. The van der Waals surface area contributed by atoms with Crippen molar-refractivity contribution in [3.63, 3.8) is 0 Å². The number of hydrogen-bond acceptors (Lipinski definition) is 4. The lowest BCUT2D eigenvalue weighted by Gasteiger charge is -2.33. The van der Waals surface area contributed by atoms with Crippen LogP contribution in [0.4, 0.5) is 0 Å². The average Bonchev–Trinajstić information content (AvgIpc) is 2.85. The van der Waals surface area contributed by atoms with E-state index in [0.29, 0.717) is 6.61 Å². The lowest BCUT2D eigenvalue weighted by Crippen LogP contribution is -3.14. The van der Waals surface area contributed by atoms with Gasteiger partial charge in [-0.3, -0.25) is 0 Å². The Bertz CT molecular complexity index is 503. The summed E-state index contributed by atoms with van der Waals surface area (Å²) in [6.07, 6.45) is -2.18. The highest BCUT2D eigenvalue weighted by atomic mass is 32.4. The highest BCUT2D eigenvalue weighted by Gasteiger charge is 2.37. The van der Waals surface area contributed by atoms with Crippen LogP contribution < -0.4 is 10.4 Å². The van der Waals surface area contributed by atoms with Crippen molar-refractivity contribution in [2.75, 3.05) is 39.5 Å². The second-order valence-electron chi connectivity index (χ2n) is 6.55. The number of hydrogen-bond donors (Lipinski definition) is 1. The highest BCUT2D eigenvalue weighted by Crippen LogP contribution is 2.58. The molecule has 4 nitrogen and oxygen atoms in total. The van der Waals surface area contributed by atoms with E-state index in [1.807, 2.05) is 19.1 Å². The van der Waals surface area contributed by atoms with Crippen LogP contribution in [0, 0.1) is 6.92 Å². The third kappa shape index (κ3) is 4.17. The predicted molar refractivity (Wildman–Crippen MR) is 89.5 cm³/mol. The molecule has 0 bridgehead atoms. The van der Waals surface area contributed by atoms with Gasteiger partial charge in [0.2, 0.25) is 0 Å². The Morgan fingerprint density at radius 1 is 1.29 bits per heavy atom. The van der Waals surface area contributed by atoms with E-state index >= 15 is 0 Å². The van der Waals surface area contributed by atoms with E-state index in [2.05, 4.69) is 20.8 Å². The van der Waals surface area contributed by atoms with Crippen LogP contribution in [0.25, 0.3) is 0 Å². The summed E-state index contributed by atoms with van der Waals surface area (Å²) in [5.74, 6) is 0.894. The van der Waals surface area contributed by atoms with E-state index in [-0.39, 0.29) is 5.16 Å². The van der Waals surface area contributed by atoms with Gasteiger partial charge in [0.05, 0.1) is 13.2 Å². The minimum atomic E-state index is -2.18. The molecule has 21 heavy (non-hydrogen) atoms. The number of furan rings is 1. The van der Waals surface area contributed by atoms with Crippen molar-refractivity contribution in [3.05, 3.63) is 17.9 Å². The maximum absolute atomic E-state index is 6.27. The van der Waals surface area contributed by atoms with Crippen LogP contribution in [-0.4, -0.2) is 44.6 Å². The second kappa shape index (κ2) is 6.93. The van der Waals surface area contributed by atoms with E-state index in [4.69, 9.17) is 25.5 Å². The summed E-state index contributed by atoms with van der Waals surface area (Å²) in [6, 6.07) is 3.96. The Labute approximate surface area is 132 Å². The Balaban J connectivity index is 2.02. The summed E-state index contributed by atoms with van der Waals surface area (Å²) in [6.45, 7) is 13.9. The molecule has 1 saturated heterocycles. The van der Waals surface area contributed by atoms with Gasteiger partial charge in [-0.05, 0) is 19.1 Å². The largest absolute Gasteiger partial charge is 0.459 e. The molecule has 1 N–H and O–H groups in total. The van der Waals surface area contributed by atoms with Gasteiger partial charge < -0.3 is 18.6 Å². The van der Waals surface area contributed by atoms with Crippen molar-refractivity contribution in [3.8, 4) is 0 Å². The van der Waals surface area contributed by atoms with Gasteiger partial charge >= 0.3 is 0 Å². The fraction of sp³-hybridized carbons (Fsp3) is 0.733. The molecular weight excluding hydrogens is 305 g/mol. The summed E-state index contributed by atoms with van der Waals surface area (Å²) >= 11 is 5.95. The Hall–Kier alpha value is -0.190. The SMILES string of the molecule is Cc1ccc([P@](=S)(OCC[NH+]2CCOCC2)C(C)(C)C)o1. The van der Waals surface area contributed by atoms with Gasteiger partial charge in [0, 0.05) is 5.16 Å².